The first-order valence-electron chi connectivity index (χ1n) is 17.7. The van der Waals surface area contributed by atoms with Crippen LogP contribution in [0.15, 0.2) is 29.8 Å². The van der Waals surface area contributed by atoms with Gasteiger partial charge in [-0.3, -0.25) is 14.4 Å². The van der Waals surface area contributed by atoms with Crippen LogP contribution >= 0.6 is 11.3 Å². The molecule has 3 rings (SSSR count). The fourth-order valence-corrected chi connectivity index (χ4v) is 6.14. The Kier molecular flexibility index (Phi) is 19.6. The van der Waals surface area contributed by atoms with E-state index in [-0.39, 0.29) is 45.2 Å². The van der Waals surface area contributed by atoms with Crippen LogP contribution in [0, 0.1) is 12.3 Å². The highest BCUT2D eigenvalue weighted by Gasteiger charge is 2.44. The van der Waals surface area contributed by atoms with Crippen LogP contribution in [0.4, 0.5) is 0 Å². The fraction of sp³-hybridized carbons (Fsp3) is 0.667. The van der Waals surface area contributed by atoms with E-state index in [1.807, 2.05) is 57.5 Å². The number of aliphatic hydroxyl groups excluding tert-OH is 1. The van der Waals surface area contributed by atoms with Gasteiger partial charge in [-0.25, -0.2) is 4.98 Å². The van der Waals surface area contributed by atoms with Gasteiger partial charge in [-0.05, 0) is 23.5 Å². The smallest absolute Gasteiger partial charge is 0.246 e. The number of carbonyl (C=O) groups is 3. The number of β-amino-alcohol motifs (C(OH)–C–C–N with tert-alkyl or cyclic N) is 1. The molecule has 1 aromatic heterocycles. The SMILES string of the molecule is Cc1ncsc1-c1ccc(CNC(=O)[C@@H]2C[C@@H](O)CN2C(=O)[C@@H](NC(=O)COCCOCCOCCOCCOCCOCCN)C(C)(C)C)cc1. The van der Waals surface area contributed by atoms with E-state index >= 15 is 0 Å². The molecule has 1 aromatic carbocycles. The lowest BCUT2D eigenvalue weighted by Gasteiger charge is -2.35. The molecule has 1 aliphatic rings. The van der Waals surface area contributed by atoms with Crippen molar-refractivity contribution in [3.63, 3.8) is 0 Å². The second-order valence-corrected chi connectivity index (χ2v) is 14.2. The van der Waals surface area contributed by atoms with Gasteiger partial charge >= 0.3 is 0 Å². The number of hydrogen-bond acceptors (Lipinski definition) is 13. The molecule has 3 amide bonds. The van der Waals surface area contributed by atoms with Gasteiger partial charge in [-0.2, -0.15) is 0 Å². The molecule has 292 valence electrons. The van der Waals surface area contributed by atoms with E-state index in [0.717, 1.165) is 21.7 Å². The van der Waals surface area contributed by atoms with E-state index < -0.39 is 35.4 Å². The molecule has 3 atom stereocenters. The normalized spacial score (nSPS) is 16.6. The molecule has 16 heteroatoms. The topological polar surface area (TPSA) is 193 Å². The van der Waals surface area contributed by atoms with Crippen molar-refractivity contribution in [3.05, 3.63) is 41.0 Å². The maximum Gasteiger partial charge on any atom is 0.246 e. The van der Waals surface area contributed by atoms with Crippen molar-refractivity contribution in [2.24, 2.45) is 11.1 Å². The number of nitrogens with one attached hydrogen (secondary N) is 2. The van der Waals surface area contributed by atoms with Crippen LogP contribution in [-0.4, -0.2) is 143 Å². The number of ether oxygens (including phenoxy) is 6. The highest BCUT2D eigenvalue weighted by Crippen LogP contribution is 2.28. The first-order valence-corrected chi connectivity index (χ1v) is 18.6. The number of rotatable bonds is 25. The molecule has 1 fully saturated rings. The highest BCUT2D eigenvalue weighted by atomic mass is 32.1. The van der Waals surface area contributed by atoms with E-state index in [1.165, 1.54) is 4.90 Å². The van der Waals surface area contributed by atoms with Gasteiger partial charge in [0.05, 0.1) is 94.9 Å². The molecular weight excluding hydrogens is 694 g/mol. The Labute approximate surface area is 310 Å². The number of aryl methyl sites for hydroxylation is 1. The second kappa shape index (κ2) is 23.6. The third-order valence-corrected chi connectivity index (χ3v) is 9.04. The first-order chi connectivity index (χ1) is 25.0. The number of benzene rings is 1. The van der Waals surface area contributed by atoms with Crippen molar-refractivity contribution in [2.45, 2.75) is 58.8 Å². The van der Waals surface area contributed by atoms with E-state index in [1.54, 1.807) is 11.3 Å². The quantitative estimate of drug-likeness (QED) is 0.107. The standard InChI is InChI=1S/C36H57N5O10S/c1-26-32(52-25-39-26)28-7-5-27(6-8-28)22-38-34(44)30-21-29(42)23-41(30)35(45)33(36(2,3)4)40-31(43)24-51-20-19-50-18-17-49-16-15-48-14-13-47-12-11-46-10-9-37/h5-8,25,29-30,33,42H,9-24,37H2,1-4H3,(H,38,44)(H,40,43)/t29-,30+,33-/m1/s1. The number of thiazole rings is 1. The molecule has 0 unspecified atom stereocenters. The van der Waals surface area contributed by atoms with Crippen molar-refractivity contribution >= 4 is 29.1 Å². The van der Waals surface area contributed by atoms with Crippen molar-refractivity contribution in [1.82, 2.24) is 20.5 Å². The van der Waals surface area contributed by atoms with Crippen LogP contribution in [0.2, 0.25) is 0 Å². The van der Waals surface area contributed by atoms with E-state index in [9.17, 15) is 19.5 Å². The molecule has 2 aromatic rings. The van der Waals surface area contributed by atoms with Crippen LogP contribution in [0.25, 0.3) is 10.4 Å². The fourth-order valence-electron chi connectivity index (χ4n) is 5.33. The lowest BCUT2D eigenvalue weighted by molar-refractivity contribution is -0.144. The minimum absolute atomic E-state index is 0.00569. The summed E-state index contributed by atoms with van der Waals surface area (Å²) in [6, 6.07) is 6.05. The average Bonchev–Trinajstić information content (AvgIpc) is 3.73. The van der Waals surface area contributed by atoms with E-state index in [0.29, 0.717) is 66.0 Å². The summed E-state index contributed by atoms with van der Waals surface area (Å²) >= 11 is 1.57. The lowest BCUT2D eigenvalue weighted by atomic mass is 9.85. The van der Waals surface area contributed by atoms with Gasteiger partial charge in [-0.15, -0.1) is 11.3 Å². The second-order valence-electron chi connectivity index (χ2n) is 13.3. The van der Waals surface area contributed by atoms with Gasteiger partial charge in [0, 0.05) is 26.1 Å². The Balaban J connectivity index is 1.32. The minimum Gasteiger partial charge on any atom is -0.391 e. The maximum absolute atomic E-state index is 13.8. The van der Waals surface area contributed by atoms with Crippen molar-refractivity contribution in [1.29, 1.82) is 0 Å². The molecule has 52 heavy (non-hydrogen) atoms. The molecule has 1 aliphatic heterocycles. The summed E-state index contributed by atoms with van der Waals surface area (Å²) in [5.41, 5.74) is 9.39. The van der Waals surface area contributed by atoms with Crippen molar-refractivity contribution in [3.8, 4) is 10.4 Å². The molecule has 15 nitrogen and oxygen atoms in total. The number of amides is 3. The first kappa shape index (κ1) is 43.3. The zero-order chi connectivity index (χ0) is 37.8. The van der Waals surface area contributed by atoms with Crippen LogP contribution in [0.5, 0.6) is 0 Å². The lowest BCUT2D eigenvalue weighted by Crippen LogP contribution is -2.58. The van der Waals surface area contributed by atoms with Gasteiger partial charge in [0.1, 0.15) is 18.7 Å². The van der Waals surface area contributed by atoms with Gasteiger partial charge in [-0.1, -0.05) is 45.0 Å². The predicted octanol–water partition coefficient (Wildman–Crippen LogP) is 1.29. The van der Waals surface area contributed by atoms with Crippen molar-refractivity contribution < 1.29 is 47.9 Å². The van der Waals surface area contributed by atoms with Crippen molar-refractivity contribution in [2.75, 3.05) is 92.4 Å². The number of aromatic nitrogens is 1. The zero-order valence-corrected chi connectivity index (χ0v) is 31.8. The zero-order valence-electron chi connectivity index (χ0n) is 30.9. The molecule has 0 radical (unpaired) electrons. The Morgan fingerprint density at radius 3 is 1.94 bits per heavy atom. The van der Waals surface area contributed by atoms with Gasteiger partial charge < -0.3 is 54.8 Å². The summed E-state index contributed by atoms with van der Waals surface area (Å²) in [6.07, 6.45) is -0.751. The number of nitrogens with zero attached hydrogens (tertiary/aromatic N) is 2. The number of likely N-dealkylation sites (tertiary alicyclic amines) is 1. The molecule has 0 saturated carbocycles. The molecule has 0 aliphatic carbocycles. The van der Waals surface area contributed by atoms with Crippen LogP contribution in [0.3, 0.4) is 0 Å². The summed E-state index contributed by atoms with van der Waals surface area (Å²) in [6.45, 7) is 12.5. The number of carbonyl (C=O) groups excluding carboxylic acids is 3. The highest BCUT2D eigenvalue weighted by molar-refractivity contribution is 7.13. The molecule has 0 bridgehead atoms. The maximum atomic E-state index is 13.8. The van der Waals surface area contributed by atoms with E-state index in [4.69, 9.17) is 34.2 Å². The Hall–Kier alpha value is -3.06. The van der Waals surface area contributed by atoms with Gasteiger partial charge in [0.2, 0.25) is 17.7 Å². The molecule has 5 N–H and O–H groups in total. The summed E-state index contributed by atoms with van der Waals surface area (Å²) in [4.78, 5) is 46.7. The number of aliphatic hydroxyl groups is 1. The number of nitrogens with two attached hydrogens (primary N) is 1. The molecule has 0 spiro atoms. The Morgan fingerprint density at radius 2 is 1.44 bits per heavy atom. The molecule has 1 saturated heterocycles. The number of hydrogen-bond donors (Lipinski definition) is 4. The third-order valence-electron chi connectivity index (χ3n) is 8.07. The molecule has 2 heterocycles. The summed E-state index contributed by atoms with van der Waals surface area (Å²) in [5, 5.41) is 16.2. The minimum atomic E-state index is -0.946. The van der Waals surface area contributed by atoms with Crippen LogP contribution in [0.1, 0.15) is 38.4 Å². The monoisotopic (exact) mass is 751 g/mol. The predicted molar refractivity (Wildman–Crippen MR) is 196 cm³/mol. The Bertz CT molecular complexity index is 1340. The van der Waals surface area contributed by atoms with Crippen LogP contribution < -0.4 is 16.4 Å². The van der Waals surface area contributed by atoms with Gasteiger partial charge in [0.15, 0.2) is 0 Å². The summed E-state index contributed by atoms with van der Waals surface area (Å²) < 4.78 is 32.4. The largest absolute Gasteiger partial charge is 0.391 e. The van der Waals surface area contributed by atoms with Gasteiger partial charge in [0.25, 0.3) is 0 Å². The average molecular weight is 752 g/mol. The summed E-state index contributed by atoms with van der Waals surface area (Å²) in [7, 11) is 0. The third kappa shape index (κ3) is 15.5. The Morgan fingerprint density at radius 1 is 0.904 bits per heavy atom. The van der Waals surface area contributed by atoms with E-state index in [2.05, 4.69) is 15.6 Å². The van der Waals surface area contributed by atoms with Crippen LogP contribution in [-0.2, 0) is 49.3 Å². The summed E-state index contributed by atoms with van der Waals surface area (Å²) in [5.74, 6) is -1.27. The molecular formula is C36H57N5O10S.